The smallest absolute Gasteiger partial charge is 0.158 e. The minimum Gasteiger partial charge on any atom is -0.388 e. The lowest BCUT2D eigenvalue weighted by molar-refractivity contribution is 0.0636. The molecule has 108 valence electrons. The van der Waals surface area contributed by atoms with Gasteiger partial charge in [0.25, 0.3) is 0 Å². The first kappa shape index (κ1) is 15.7. The van der Waals surface area contributed by atoms with E-state index in [0.717, 1.165) is 12.8 Å². The van der Waals surface area contributed by atoms with Gasteiger partial charge < -0.3 is 20.9 Å². The average molecular weight is 268 g/mol. The maximum atomic E-state index is 10.1. The summed E-state index contributed by atoms with van der Waals surface area (Å²) >= 11 is 0. The van der Waals surface area contributed by atoms with Gasteiger partial charge in [0.1, 0.15) is 18.2 Å². The van der Waals surface area contributed by atoms with Gasteiger partial charge in [0.05, 0.1) is 5.60 Å². The Labute approximate surface area is 114 Å². The van der Waals surface area contributed by atoms with Crippen molar-refractivity contribution in [3.63, 3.8) is 0 Å². The fourth-order valence-corrected chi connectivity index (χ4v) is 1.77. The molecule has 0 saturated heterocycles. The molecular formula is C13H24N4O2. The van der Waals surface area contributed by atoms with E-state index in [4.69, 9.17) is 10.5 Å². The molecule has 19 heavy (non-hydrogen) atoms. The monoisotopic (exact) mass is 268 g/mol. The van der Waals surface area contributed by atoms with Gasteiger partial charge in [-0.1, -0.05) is 13.3 Å². The third kappa shape index (κ3) is 5.85. The first-order valence-electron chi connectivity index (χ1n) is 6.64. The first-order valence-corrected chi connectivity index (χ1v) is 6.64. The second-order valence-corrected chi connectivity index (χ2v) is 4.83. The highest BCUT2D eigenvalue weighted by Gasteiger charge is 2.18. The second-order valence-electron chi connectivity index (χ2n) is 4.83. The summed E-state index contributed by atoms with van der Waals surface area (Å²) in [5.74, 6) is 1.54. The summed E-state index contributed by atoms with van der Waals surface area (Å²) < 4.78 is 5.26. The zero-order chi connectivity index (χ0) is 14.3. The van der Waals surface area contributed by atoms with Crippen LogP contribution in [-0.4, -0.2) is 33.8 Å². The van der Waals surface area contributed by atoms with Gasteiger partial charge in [-0.2, -0.15) is 0 Å². The van der Waals surface area contributed by atoms with Crippen LogP contribution in [0.1, 0.15) is 39.4 Å². The number of aromatic nitrogens is 2. The van der Waals surface area contributed by atoms with E-state index >= 15 is 0 Å². The summed E-state index contributed by atoms with van der Waals surface area (Å²) in [5.41, 5.74) is 4.96. The molecule has 0 aliphatic carbocycles. The molecule has 1 heterocycles. The van der Waals surface area contributed by atoms with Crippen LogP contribution in [0.2, 0.25) is 0 Å². The first-order chi connectivity index (χ1) is 8.96. The van der Waals surface area contributed by atoms with E-state index in [1.165, 1.54) is 0 Å². The van der Waals surface area contributed by atoms with Crippen LogP contribution >= 0.6 is 0 Å². The number of nitrogens with two attached hydrogens (primary N) is 1. The number of rotatable bonds is 8. The topological polar surface area (TPSA) is 93.3 Å². The van der Waals surface area contributed by atoms with E-state index in [1.807, 2.05) is 13.8 Å². The highest BCUT2D eigenvalue weighted by Crippen LogP contribution is 2.14. The molecule has 1 aromatic rings. The predicted molar refractivity (Wildman–Crippen MR) is 75.8 cm³/mol. The van der Waals surface area contributed by atoms with Gasteiger partial charge in [-0.15, -0.1) is 0 Å². The zero-order valence-corrected chi connectivity index (χ0v) is 11.9. The molecule has 0 aromatic carbocycles. The highest BCUT2D eigenvalue weighted by atomic mass is 16.5. The minimum atomic E-state index is -0.755. The van der Waals surface area contributed by atoms with Crippen molar-refractivity contribution in [3.05, 3.63) is 11.9 Å². The van der Waals surface area contributed by atoms with Gasteiger partial charge in [-0.3, -0.25) is 0 Å². The summed E-state index contributed by atoms with van der Waals surface area (Å²) in [7, 11) is 0. The van der Waals surface area contributed by atoms with E-state index < -0.39 is 5.60 Å². The summed E-state index contributed by atoms with van der Waals surface area (Å²) in [6.07, 6.45) is 1.66. The molecule has 0 fully saturated rings. The van der Waals surface area contributed by atoms with Crippen molar-refractivity contribution in [1.82, 2.24) is 9.97 Å². The van der Waals surface area contributed by atoms with Gasteiger partial charge in [-0.05, 0) is 20.3 Å². The lowest BCUT2D eigenvalue weighted by Crippen LogP contribution is -2.33. The molecule has 4 N–H and O–H groups in total. The van der Waals surface area contributed by atoms with Crippen molar-refractivity contribution >= 4 is 11.6 Å². The van der Waals surface area contributed by atoms with Crippen molar-refractivity contribution in [3.8, 4) is 0 Å². The molecule has 0 saturated carbocycles. The number of ether oxygens (including phenoxy) is 1. The van der Waals surface area contributed by atoms with Gasteiger partial charge in [0, 0.05) is 19.2 Å². The number of hydrogen-bond acceptors (Lipinski definition) is 6. The number of anilines is 2. The Morgan fingerprint density at radius 1 is 1.42 bits per heavy atom. The molecular weight excluding hydrogens is 244 g/mol. The van der Waals surface area contributed by atoms with Crippen LogP contribution in [0, 0.1) is 0 Å². The zero-order valence-electron chi connectivity index (χ0n) is 11.9. The van der Waals surface area contributed by atoms with E-state index in [0.29, 0.717) is 37.2 Å². The molecule has 0 spiro atoms. The Morgan fingerprint density at radius 3 is 2.79 bits per heavy atom. The molecule has 0 amide bonds. The lowest BCUT2D eigenvalue weighted by Gasteiger charge is -2.23. The van der Waals surface area contributed by atoms with Gasteiger partial charge in [-0.25, -0.2) is 9.97 Å². The minimum absolute atomic E-state index is 0.335. The molecule has 6 nitrogen and oxygen atoms in total. The standard InChI is InChI=1S/C13H24N4O2/c1-4-6-13(3,18)9-15-11-7-10(14)16-12(17-11)8-19-5-2/h7,18H,4-6,8-9H2,1-3H3,(H3,14,15,16,17). The van der Waals surface area contributed by atoms with Crippen molar-refractivity contribution in [2.45, 2.75) is 45.8 Å². The van der Waals surface area contributed by atoms with Crippen LogP contribution in [0.4, 0.5) is 11.6 Å². The maximum Gasteiger partial charge on any atom is 0.158 e. The Hall–Kier alpha value is -1.40. The van der Waals surface area contributed by atoms with E-state index in [-0.39, 0.29) is 0 Å². The molecule has 1 unspecified atom stereocenters. The Kier molecular flexibility index (Phi) is 5.98. The fraction of sp³-hybridized carbons (Fsp3) is 0.692. The van der Waals surface area contributed by atoms with E-state index in [9.17, 15) is 5.11 Å². The van der Waals surface area contributed by atoms with E-state index in [2.05, 4.69) is 15.3 Å². The van der Waals surface area contributed by atoms with Crippen molar-refractivity contribution < 1.29 is 9.84 Å². The van der Waals surface area contributed by atoms with Crippen LogP contribution in [0.25, 0.3) is 0 Å². The van der Waals surface area contributed by atoms with Crippen LogP contribution in [0.15, 0.2) is 6.07 Å². The van der Waals surface area contributed by atoms with Gasteiger partial charge >= 0.3 is 0 Å². The predicted octanol–water partition coefficient (Wildman–Crippen LogP) is 1.56. The quantitative estimate of drug-likeness (QED) is 0.662. The van der Waals surface area contributed by atoms with Crippen molar-refractivity contribution in [1.29, 1.82) is 0 Å². The molecule has 6 heteroatoms. The average Bonchev–Trinajstić information content (AvgIpc) is 2.33. The van der Waals surface area contributed by atoms with E-state index in [1.54, 1.807) is 13.0 Å². The number of aliphatic hydroxyl groups is 1. The fourth-order valence-electron chi connectivity index (χ4n) is 1.77. The number of nitrogens with zero attached hydrogens (tertiary/aromatic N) is 2. The molecule has 1 atom stereocenters. The third-order valence-corrected chi connectivity index (χ3v) is 2.67. The summed E-state index contributed by atoms with van der Waals surface area (Å²) in [6.45, 7) is 7.11. The lowest BCUT2D eigenvalue weighted by atomic mass is 10.0. The molecule has 1 rings (SSSR count). The van der Waals surface area contributed by atoms with Crippen LogP contribution in [0.5, 0.6) is 0 Å². The van der Waals surface area contributed by atoms with Crippen molar-refractivity contribution in [2.75, 3.05) is 24.2 Å². The largest absolute Gasteiger partial charge is 0.388 e. The van der Waals surface area contributed by atoms with Crippen LogP contribution in [-0.2, 0) is 11.3 Å². The third-order valence-electron chi connectivity index (χ3n) is 2.67. The number of hydrogen-bond donors (Lipinski definition) is 3. The summed E-state index contributed by atoms with van der Waals surface area (Å²) in [6, 6.07) is 1.65. The second kappa shape index (κ2) is 7.25. The Bertz CT molecular complexity index is 396. The summed E-state index contributed by atoms with van der Waals surface area (Å²) in [5, 5.41) is 13.2. The Balaban J connectivity index is 2.65. The van der Waals surface area contributed by atoms with Crippen LogP contribution < -0.4 is 11.1 Å². The van der Waals surface area contributed by atoms with Crippen molar-refractivity contribution in [2.24, 2.45) is 0 Å². The molecule has 0 bridgehead atoms. The number of nitrogen functional groups attached to an aromatic ring is 1. The molecule has 1 aromatic heterocycles. The SMILES string of the molecule is CCCC(C)(O)CNc1cc(N)nc(COCC)n1. The van der Waals surface area contributed by atoms with Gasteiger partial charge in [0.2, 0.25) is 0 Å². The van der Waals surface area contributed by atoms with Gasteiger partial charge in [0.15, 0.2) is 5.82 Å². The number of nitrogens with one attached hydrogen (secondary N) is 1. The highest BCUT2D eigenvalue weighted by molar-refractivity contribution is 5.44. The Morgan fingerprint density at radius 2 is 2.16 bits per heavy atom. The maximum absolute atomic E-state index is 10.1. The van der Waals surface area contributed by atoms with Crippen LogP contribution in [0.3, 0.4) is 0 Å². The molecule has 0 radical (unpaired) electrons. The molecule has 0 aliphatic heterocycles. The molecule has 0 aliphatic rings. The normalized spacial score (nSPS) is 14.1. The summed E-state index contributed by atoms with van der Waals surface area (Å²) in [4.78, 5) is 8.39.